The highest BCUT2D eigenvalue weighted by atomic mass is 16.3. The molecule has 0 aliphatic rings. The van der Waals surface area contributed by atoms with E-state index in [-0.39, 0.29) is 11.5 Å². The topological polar surface area (TPSA) is 52.8 Å². The third-order valence-electron chi connectivity index (χ3n) is 3.27. The van der Waals surface area contributed by atoms with Crippen LogP contribution < -0.4 is 0 Å². The van der Waals surface area contributed by atoms with Crippen LogP contribution in [0.1, 0.15) is 29.2 Å². The molecule has 104 valence electrons. The van der Waals surface area contributed by atoms with Gasteiger partial charge in [0.05, 0.1) is 0 Å². The van der Waals surface area contributed by atoms with E-state index in [9.17, 15) is 10.2 Å². The van der Waals surface area contributed by atoms with Gasteiger partial charge in [0.2, 0.25) is 0 Å². The summed E-state index contributed by atoms with van der Waals surface area (Å²) >= 11 is 0. The molecule has 2 N–H and O–H groups in total. The van der Waals surface area contributed by atoms with Crippen LogP contribution >= 0.6 is 0 Å². The summed E-state index contributed by atoms with van der Waals surface area (Å²) in [5.74, 6) is 0.368. The summed E-state index contributed by atoms with van der Waals surface area (Å²) in [5, 5.41) is 19.8. The molecule has 0 saturated carbocycles. The zero-order chi connectivity index (χ0) is 14.7. The molecule has 0 aliphatic heterocycles. The van der Waals surface area contributed by atoms with Gasteiger partial charge in [-0.3, -0.25) is 4.99 Å². The lowest BCUT2D eigenvalue weighted by molar-refractivity contribution is 0.470. The normalized spacial score (nSPS) is 11.2. The highest BCUT2D eigenvalue weighted by molar-refractivity contribution is 5.86. The van der Waals surface area contributed by atoms with Crippen molar-refractivity contribution >= 4 is 11.9 Å². The van der Waals surface area contributed by atoms with Crippen LogP contribution in [-0.4, -0.2) is 16.4 Å². The molecular formula is C17H19NO2. The van der Waals surface area contributed by atoms with Crippen LogP contribution in [0.2, 0.25) is 0 Å². The van der Waals surface area contributed by atoms with Gasteiger partial charge in [-0.1, -0.05) is 19.1 Å². The predicted molar refractivity (Wildman–Crippen MR) is 82.3 cm³/mol. The molecule has 2 aromatic rings. The van der Waals surface area contributed by atoms with Crippen molar-refractivity contribution in [3.63, 3.8) is 0 Å². The fraction of sp³-hybridized carbons (Fsp3) is 0.235. The predicted octanol–water partition coefficient (Wildman–Crippen LogP) is 4.03. The van der Waals surface area contributed by atoms with Crippen molar-refractivity contribution in [2.45, 2.75) is 27.2 Å². The first-order valence-electron chi connectivity index (χ1n) is 6.67. The molecule has 20 heavy (non-hydrogen) atoms. The van der Waals surface area contributed by atoms with E-state index in [1.54, 1.807) is 12.3 Å². The van der Waals surface area contributed by atoms with Crippen LogP contribution in [0.4, 0.5) is 5.69 Å². The molecule has 0 radical (unpaired) electrons. The first-order chi connectivity index (χ1) is 9.51. The molecule has 0 heterocycles. The second-order valence-electron chi connectivity index (χ2n) is 4.95. The molecule has 0 amide bonds. The first kappa shape index (κ1) is 14.1. The Balaban J connectivity index is 2.39. The zero-order valence-electron chi connectivity index (χ0n) is 12.0. The number of hydrogen-bond donors (Lipinski definition) is 2. The molecule has 3 heteroatoms. The van der Waals surface area contributed by atoms with E-state index in [0.717, 1.165) is 23.1 Å². The third kappa shape index (κ3) is 2.99. The minimum absolute atomic E-state index is 0.141. The summed E-state index contributed by atoms with van der Waals surface area (Å²) in [6.07, 6.45) is 2.47. The molecule has 0 atom stereocenters. The maximum atomic E-state index is 10.0. The van der Waals surface area contributed by atoms with Crippen molar-refractivity contribution in [2.24, 2.45) is 4.99 Å². The van der Waals surface area contributed by atoms with Crippen LogP contribution in [-0.2, 0) is 6.42 Å². The van der Waals surface area contributed by atoms with Gasteiger partial charge in [-0.2, -0.15) is 0 Å². The minimum atomic E-state index is 0.141. The van der Waals surface area contributed by atoms with Gasteiger partial charge in [0.25, 0.3) is 0 Å². The average Bonchev–Trinajstić information content (AvgIpc) is 2.42. The van der Waals surface area contributed by atoms with Crippen LogP contribution in [0, 0.1) is 13.8 Å². The van der Waals surface area contributed by atoms with Gasteiger partial charge >= 0.3 is 0 Å². The van der Waals surface area contributed by atoms with Crippen molar-refractivity contribution in [3.05, 3.63) is 52.6 Å². The molecule has 0 aromatic heterocycles. The summed E-state index contributed by atoms with van der Waals surface area (Å²) in [6, 6.07) is 9.16. The van der Waals surface area contributed by atoms with E-state index >= 15 is 0 Å². The van der Waals surface area contributed by atoms with Gasteiger partial charge in [0.1, 0.15) is 17.2 Å². The second-order valence-corrected chi connectivity index (χ2v) is 4.95. The third-order valence-corrected chi connectivity index (χ3v) is 3.27. The average molecular weight is 269 g/mol. The number of hydrogen-bond acceptors (Lipinski definition) is 3. The standard InChI is InChI=1S/C17H19NO2/c1-4-13-5-6-16(19)15(9-13)18-10-14-8-11(2)7-12(3)17(14)20/h5-10,19-20H,4H2,1-3H3. The van der Waals surface area contributed by atoms with Crippen molar-refractivity contribution in [1.82, 2.24) is 0 Å². The molecule has 0 unspecified atom stereocenters. The molecule has 2 rings (SSSR count). The Morgan fingerprint density at radius 3 is 2.55 bits per heavy atom. The monoisotopic (exact) mass is 269 g/mol. The van der Waals surface area contributed by atoms with Gasteiger partial charge < -0.3 is 10.2 Å². The fourth-order valence-corrected chi connectivity index (χ4v) is 2.12. The molecule has 3 nitrogen and oxygen atoms in total. The molecule has 0 aliphatic carbocycles. The number of nitrogens with zero attached hydrogens (tertiary/aromatic N) is 1. The Morgan fingerprint density at radius 2 is 1.85 bits per heavy atom. The van der Waals surface area contributed by atoms with E-state index < -0.39 is 0 Å². The number of phenolic OH excluding ortho intramolecular Hbond substituents is 2. The summed E-state index contributed by atoms with van der Waals surface area (Å²) in [4.78, 5) is 4.29. The zero-order valence-corrected chi connectivity index (χ0v) is 12.0. The lowest BCUT2D eigenvalue weighted by Gasteiger charge is -2.05. The van der Waals surface area contributed by atoms with Gasteiger partial charge in [-0.15, -0.1) is 0 Å². The SMILES string of the molecule is CCc1ccc(O)c(N=Cc2cc(C)cc(C)c2O)c1. The van der Waals surface area contributed by atoms with Crippen LogP contribution in [0.15, 0.2) is 35.3 Å². The number of aliphatic imine (C=N–C) groups is 1. The molecule has 2 aromatic carbocycles. The number of rotatable bonds is 3. The summed E-state index contributed by atoms with van der Waals surface area (Å²) in [5.41, 5.74) is 4.16. The Morgan fingerprint density at radius 1 is 1.10 bits per heavy atom. The molecule has 0 spiro atoms. The largest absolute Gasteiger partial charge is 0.507 e. The molecule has 0 bridgehead atoms. The first-order valence-corrected chi connectivity index (χ1v) is 6.67. The van der Waals surface area contributed by atoms with Gasteiger partial charge in [-0.05, 0) is 55.2 Å². The summed E-state index contributed by atoms with van der Waals surface area (Å²) in [6.45, 7) is 5.88. The van der Waals surface area contributed by atoms with Crippen LogP contribution in [0.25, 0.3) is 0 Å². The lowest BCUT2D eigenvalue weighted by atomic mass is 10.1. The van der Waals surface area contributed by atoms with Gasteiger partial charge in [-0.25, -0.2) is 0 Å². The van der Waals surface area contributed by atoms with E-state index in [2.05, 4.69) is 11.9 Å². The number of aryl methyl sites for hydroxylation is 3. The fourth-order valence-electron chi connectivity index (χ4n) is 2.12. The Labute approximate surface area is 119 Å². The smallest absolute Gasteiger partial charge is 0.141 e. The van der Waals surface area contributed by atoms with Crippen molar-refractivity contribution in [2.75, 3.05) is 0 Å². The van der Waals surface area contributed by atoms with E-state index in [1.165, 1.54) is 0 Å². The van der Waals surface area contributed by atoms with Crippen LogP contribution in [0.3, 0.4) is 0 Å². The van der Waals surface area contributed by atoms with Crippen molar-refractivity contribution in [3.8, 4) is 11.5 Å². The molecule has 0 fully saturated rings. The van der Waals surface area contributed by atoms with Gasteiger partial charge in [0.15, 0.2) is 0 Å². The Hall–Kier alpha value is -2.29. The summed E-state index contributed by atoms with van der Waals surface area (Å²) < 4.78 is 0. The number of phenols is 2. The number of aromatic hydroxyl groups is 2. The van der Waals surface area contributed by atoms with E-state index in [4.69, 9.17) is 0 Å². The highest BCUT2D eigenvalue weighted by Gasteiger charge is 2.04. The van der Waals surface area contributed by atoms with Crippen LogP contribution in [0.5, 0.6) is 11.5 Å². The Kier molecular flexibility index (Phi) is 4.08. The number of benzene rings is 2. The van der Waals surface area contributed by atoms with Crippen molar-refractivity contribution < 1.29 is 10.2 Å². The quantitative estimate of drug-likeness (QED) is 0.827. The second kappa shape index (κ2) is 5.78. The molecular weight excluding hydrogens is 250 g/mol. The van der Waals surface area contributed by atoms with E-state index in [0.29, 0.717) is 11.3 Å². The maximum Gasteiger partial charge on any atom is 0.141 e. The highest BCUT2D eigenvalue weighted by Crippen LogP contribution is 2.28. The van der Waals surface area contributed by atoms with Gasteiger partial charge in [0, 0.05) is 11.8 Å². The van der Waals surface area contributed by atoms with E-state index in [1.807, 2.05) is 38.1 Å². The minimum Gasteiger partial charge on any atom is -0.507 e. The van der Waals surface area contributed by atoms with Crippen molar-refractivity contribution in [1.29, 1.82) is 0 Å². The lowest BCUT2D eigenvalue weighted by Crippen LogP contribution is -1.88. The molecule has 0 saturated heterocycles. The maximum absolute atomic E-state index is 10.0. The summed E-state index contributed by atoms with van der Waals surface area (Å²) in [7, 11) is 0. The Bertz CT molecular complexity index is 660.